The molecule has 2 heterocycles. The summed E-state index contributed by atoms with van der Waals surface area (Å²) in [6.45, 7) is 2.38. The van der Waals surface area contributed by atoms with Gasteiger partial charge in [-0.25, -0.2) is 0 Å². The number of ketones is 1. The molecular formula is C23H20N2O3. The van der Waals surface area contributed by atoms with Crippen molar-refractivity contribution in [3.8, 4) is 0 Å². The summed E-state index contributed by atoms with van der Waals surface area (Å²) >= 11 is 0. The molecule has 5 nitrogen and oxygen atoms in total. The molecular weight excluding hydrogens is 352 g/mol. The molecule has 140 valence electrons. The Morgan fingerprint density at radius 1 is 1.07 bits per heavy atom. The second-order valence-electron chi connectivity index (χ2n) is 6.84. The zero-order chi connectivity index (χ0) is 19.7. The van der Waals surface area contributed by atoms with Crippen molar-refractivity contribution in [1.82, 2.24) is 9.88 Å². The number of rotatable bonds is 4. The molecule has 2 aromatic carbocycles. The van der Waals surface area contributed by atoms with E-state index in [4.69, 9.17) is 0 Å². The molecule has 5 heteroatoms. The van der Waals surface area contributed by atoms with Gasteiger partial charge in [0.2, 0.25) is 0 Å². The molecule has 0 radical (unpaired) electrons. The summed E-state index contributed by atoms with van der Waals surface area (Å²) in [5.41, 5.74) is 1.33. The summed E-state index contributed by atoms with van der Waals surface area (Å²) in [7, 11) is 0. The van der Waals surface area contributed by atoms with E-state index in [1.54, 1.807) is 24.5 Å². The number of aromatic nitrogens is 1. The van der Waals surface area contributed by atoms with Crippen LogP contribution in [0.25, 0.3) is 16.5 Å². The number of hydrogen-bond donors (Lipinski definition) is 1. The van der Waals surface area contributed by atoms with Gasteiger partial charge in [0, 0.05) is 24.5 Å². The second-order valence-corrected chi connectivity index (χ2v) is 6.84. The lowest BCUT2D eigenvalue weighted by Gasteiger charge is -2.24. The van der Waals surface area contributed by atoms with Crippen LogP contribution in [0.3, 0.4) is 0 Å². The Hall–Kier alpha value is -3.47. The number of benzene rings is 2. The first kappa shape index (κ1) is 17.9. The van der Waals surface area contributed by atoms with E-state index < -0.39 is 17.7 Å². The van der Waals surface area contributed by atoms with Gasteiger partial charge in [0.25, 0.3) is 11.7 Å². The van der Waals surface area contributed by atoms with Crippen molar-refractivity contribution in [2.45, 2.75) is 19.4 Å². The SMILES string of the molecule is CCCN1C(=O)C(=O)/C(=C(\O)c2ccc3ccccc3c2)C1c1cccnc1. The third-order valence-corrected chi connectivity index (χ3v) is 5.03. The highest BCUT2D eigenvalue weighted by molar-refractivity contribution is 6.46. The van der Waals surface area contributed by atoms with E-state index in [-0.39, 0.29) is 11.3 Å². The number of aliphatic hydroxyl groups is 1. The molecule has 0 spiro atoms. The van der Waals surface area contributed by atoms with Gasteiger partial charge in [-0.2, -0.15) is 0 Å². The van der Waals surface area contributed by atoms with Crippen molar-refractivity contribution in [3.05, 3.63) is 83.7 Å². The standard InChI is InChI=1S/C23H20N2O3/c1-2-12-25-20(18-8-5-11-24-14-18)19(22(27)23(25)28)21(26)17-10-9-15-6-3-4-7-16(15)13-17/h3-11,13-14,20,26H,2,12H2,1H3/b21-19-. The number of fused-ring (bicyclic) bond motifs is 1. The minimum atomic E-state index is -0.659. The van der Waals surface area contributed by atoms with E-state index >= 15 is 0 Å². The molecule has 0 aliphatic carbocycles. The van der Waals surface area contributed by atoms with Gasteiger partial charge in [-0.15, -0.1) is 0 Å². The molecule has 1 unspecified atom stereocenters. The number of amides is 1. The largest absolute Gasteiger partial charge is 0.507 e. The number of carbonyl (C=O) groups is 2. The fourth-order valence-electron chi connectivity index (χ4n) is 3.73. The summed E-state index contributed by atoms with van der Waals surface area (Å²) in [4.78, 5) is 31.1. The van der Waals surface area contributed by atoms with Crippen LogP contribution in [-0.2, 0) is 9.59 Å². The van der Waals surface area contributed by atoms with Crippen LogP contribution in [0.5, 0.6) is 0 Å². The van der Waals surface area contributed by atoms with Crippen LogP contribution < -0.4 is 0 Å². The summed E-state index contributed by atoms with van der Waals surface area (Å²) in [5, 5.41) is 13.0. The quantitative estimate of drug-likeness (QED) is 0.426. The maximum atomic E-state index is 12.8. The molecule has 0 bridgehead atoms. The van der Waals surface area contributed by atoms with Gasteiger partial charge in [0.15, 0.2) is 0 Å². The first-order valence-electron chi connectivity index (χ1n) is 9.29. The van der Waals surface area contributed by atoms with Crippen LogP contribution in [0.2, 0.25) is 0 Å². The van der Waals surface area contributed by atoms with Crippen LogP contribution in [0.15, 0.2) is 72.6 Å². The molecule has 1 atom stereocenters. The normalized spacial score (nSPS) is 18.8. The molecule has 3 aromatic rings. The van der Waals surface area contributed by atoms with E-state index in [0.717, 1.165) is 10.8 Å². The average Bonchev–Trinajstić information content (AvgIpc) is 2.99. The molecule has 1 saturated heterocycles. The highest BCUT2D eigenvalue weighted by atomic mass is 16.3. The van der Waals surface area contributed by atoms with Crippen LogP contribution in [-0.4, -0.2) is 33.2 Å². The summed E-state index contributed by atoms with van der Waals surface area (Å²) in [6.07, 6.45) is 3.98. The Morgan fingerprint density at radius 2 is 1.86 bits per heavy atom. The number of aliphatic hydroxyl groups excluding tert-OH is 1. The van der Waals surface area contributed by atoms with Crippen molar-refractivity contribution in [1.29, 1.82) is 0 Å². The van der Waals surface area contributed by atoms with Crippen LogP contribution >= 0.6 is 0 Å². The Morgan fingerprint density at radius 3 is 2.57 bits per heavy atom. The predicted octanol–water partition coefficient (Wildman–Crippen LogP) is 4.07. The van der Waals surface area contributed by atoms with Gasteiger partial charge in [0.05, 0.1) is 11.6 Å². The number of pyridine rings is 1. The lowest BCUT2D eigenvalue weighted by molar-refractivity contribution is -0.139. The fourth-order valence-corrected chi connectivity index (χ4v) is 3.73. The van der Waals surface area contributed by atoms with Gasteiger partial charge in [-0.3, -0.25) is 14.6 Å². The van der Waals surface area contributed by atoms with E-state index in [1.165, 1.54) is 4.90 Å². The highest BCUT2D eigenvalue weighted by Gasteiger charge is 2.45. The molecule has 1 aromatic heterocycles. The predicted molar refractivity (Wildman–Crippen MR) is 107 cm³/mol. The van der Waals surface area contributed by atoms with Crippen LogP contribution in [0.1, 0.15) is 30.5 Å². The molecule has 1 amide bonds. The maximum Gasteiger partial charge on any atom is 0.295 e. The third kappa shape index (κ3) is 2.95. The summed E-state index contributed by atoms with van der Waals surface area (Å²) < 4.78 is 0. The smallest absolute Gasteiger partial charge is 0.295 e. The van der Waals surface area contributed by atoms with Gasteiger partial charge >= 0.3 is 0 Å². The number of Topliss-reactive ketones (excluding diaryl/α,β-unsaturated/α-hetero) is 1. The summed E-state index contributed by atoms with van der Waals surface area (Å²) in [5.74, 6) is -1.40. The Balaban J connectivity index is 1.90. The molecule has 28 heavy (non-hydrogen) atoms. The Labute approximate surface area is 162 Å². The zero-order valence-electron chi connectivity index (χ0n) is 15.5. The maximum absolute atomic E-state index is 12.8. The first-order valence-corrected chi connectivity index (χ1v) is 9.29. The molecule has 4 rings (SSSR count). The van der Waals surface area contributed by atoms with Gasteiger partial charge in [-0.1, -0.05) is 49.4 Å². The van der Waals surface area contributed by atoms with E-state index in [2.05, 4.69) is 4.98 Å². The van der Waals surface area contributed by atoms with Gasteiger partial charge < -0.3 is 10.0 Å². The molecule has 1 aliphatic heterocycles. The molecule has 1 aliphatic rings. The first-order chi connectivity index (χ1) is 13.6. The van der Waals surface area contributed by atoms with Gasteiger partial charge in [-0.05, 0) is 34.9 Å². The molecule has 1 fully saturated rings. The van der Waals surface area contributed by atoms with Crippen molar-refractivity contribution >= 4 is 28.2 Å². The third-order valence-electron chi connectivity index (χ3n) is 5.03. The average molecular weight is 372 g/mol. The fraction of sp³-hybridized carbons (Fsp3) is 0.174. The van der Waals surface area contributed by atoms with E-state index in [9.17, 15) is 14.7 Å². The van der Waals surface area contributed by atoms with Crippen LogP contribution in [0, 0.1) is 0 Å². The van der Waals surface area contributed by atoms with E-state index in [0.29, 0.717) is 24.1 Å². The highest BCUT2D eigenvalue weighted by Crippen LogP contribution is 2.39. The van der Waals surface area contributed by atoms with Crippen molar-refractivity contribution in [2.24, 2.45) is 0 Å². The number of hydrogen-bond acceptors (Lipinski definition) is 4. The van der Waals surface area contributed by atoms with Crippen molar-refractivity contribution in [2.75, 3.05) is 6.54 Å². The minimum Gasteiger partial charge on any atom is -0.507 e. The Bertz CT molecular complexity index is 1090. The summed E-state index contributed by atoms with van der Waals surface area (Å²) in [6, 6.07) is 16.2. The van der Waals surface area contributed by atoms with Crippen molar-refractivity contribution in [3.63, 3.8) is 0 Å². The van der Waals surface area contributed by atoms with E-state index in [1.807, 2.05) is 49.4 Å². The Kier molecular flexibility index (Phi) is 4.65. The van der Waals surface area contributed by atoms with Crippen LogP contribution in [0.4, 0.5) is 0 Å². The minimum absolute atomic E-state index is 0.113. The van der Waals surface area contributed by atoms with Gasteiger partial charge in [0.1, 0.15) is 5.76 Å². The topological polar surface area (TPSA) is 70.5 Å². The number of likely N-dealkylation sites (tertiary alicyclic amines) is 1. The lowest BCUT2D eigenvalue weighted by Crippen LogP contribution is -2.30. The molecule has 1 N–H and O–H groups in total. The lowest BCUT2D eigenvalue weighted by atomic mass is 9.95. The van der Waals surface area contributed by atoms with Crippen molar-refractivity contribution < 1.29 is 14.7 Å². The second kappa shape index (κ2) is 7.27. The number of nitrogens with zero attached hydrogens (tertiary/aromatic N) is 2. The zero-order valence-corrected chi connectivity index (χ0v) is 15.5. The molecule has 0 saturated carbocycles. The monoisotopic (exact) mass is 372 g/mol. The number of carbonyl (C=O) groups excluding carboxylic acids is 2.